The van der Waals surface area contributed by atoms with Crippen molar-refractivity contribution in [1.82, 2.24) is 20.2 Å². The molecule has 0 radical (unpaired) electrons. The van der Waals surface area contributed by atoms with Crippen molar-refractivity contribution in [3.05, 3.63) is 29.8 Å². The highest BCUT2D eigenvalue weighted by Gasteiger charge is 2.27. The highest BCUT2D eigenvalue weighted by Crippen LogP contribution is 2.36. The molecule has 2 N–H and O–H groups in total. The van der Waals surface area contributed by atoms with Gasteiger partial charge in [0.2, 0.25) is 5.16 Å². The van der Waals surface area contributed by atoms with Crippen LogP contribution in [0, 0.1) is 0 Å². The lowest BCUT2D eigenvalue weighted by molar-refractivity contribution is 0.425. The molecule has 0 atom stereocenters. The van der Waals surface area contributed by atoms with Crippen LogP contribution in [0.5, 0.6) is 0 Å². The molecule has 1 saturated carbocycles. The van der Waals surface area contributed by atoms with Gasteiger partial charge in [0, 0.05) is 5.75 Å². The molecule has 1 aliphatic rings. The summed E-state index contributed by atoms with van der Waals surface area (Å²) < 4.78 is 1.87. The maximum Gasteiger partial charge on any atom is 0.488 e. The van der Waals surface area contributed by atoms with E-state index < -0.39 is 7.12 Å². The SMILES string of the molecule is OB(O)c1cccc(CSc2nnnn2C2CC2)c1. The van der Waals surface area contributed by atoms with Gasteiger partial charge in [-0.3, -0.25) is 0 Å². The minimum atomic E-state index is -1.43. The van der Waals surface area contributed by atoms with E-state index in [1.54, 1.807) is 23.9 Å². The van der Waals surface area contributed by atoms with Gasteiger partial charge in [0.1, 0.15) is 0 Å². The second-order valence-electron chi connectivity index (χ2n) is 4.54. The summed E-state index contributed by atoms with van der Waals surface area (Å²) in [6.45, 7) is 0. The topological polar surface area (TPSA) is 84.1 Å². The average Bonchev–Trinajstić information content (AvgIpc) is 3.16. The zero-order valence-corrected chi connectivity index (χ0v) is 11.0. The third kappa shape index (κ3) is 2.97. The molecule has 1 aromatic carbocycles. The summed E-state index contributed by atoms with van der Waals surface area (Å²) in [5.41, 5.74) is 1.51. The Balaban J connectivity index is 1.68. The van der Waals surface area contributed by atoms with Crippen LogP contribution in [-0.2, 0) is 5.75 Å². The minimum absolute atomic E-state index is 0.461. The molecular weight excluding hydrogens is 263 g/mol. The highest BCUT2D eigenvalue weighted by atomic mass is 32.2. The van der Waals surface area contributed by atoms with E-state index in [0.29, 0.717) is 17.3 Å². The van der Waals surface area contributed by atoms with Gasteiger partial charge < -0.3 is 10.0 Å². The first kappa shape index (κ1) is 12.6. The fourth-order valence-electron chi connectivity index (χ4n) is 1.82. The number of benzene rings is 1. The highest BCUT2D eigenvalue weighted by molar-refractivity contribution is 7.98. The van der Waals surface area contributed by atoms with Gasteiger partial charge in [-0.05, 0) is 34.3 Å². The Kier molecular flexibility index (Phi) is 3.54. The largest absolute Gasteiger partial charge is 0.488 e. The van der Waals surface area contributed by atoms with Gasteiger partial charge >= 0.3 is 7.12 Å². The molecule has 1 aliphatic carbocycles. The van der Waals surface area contributed by atoms with Gasteiger partial charge in [0.15, 0.2) is 0 Å². The van der Waals surface area contributed by atoms with E-state index in [-0.39, 0.29) is 0 Å². The molecule has 0 spiro atoms. The predicted octanol–water partition coefficient (Wildman–Crippen LogP) is -0.0199. The quantitative estimate of drug-likeness (QED) is 0.590. The van der Waals surface area contributed by atoms with Gasteiger partial charge in [-0.15, -0.1) is 5.10 Å². The molecule has 1 heterocycles. The summed E-state index contributed by atoms with van der Waals surface area (Å²) in [4.78, 5) is 0. The Labute approximate surface area is 115 Å². The zero-order valence-electron chi connectivity index (χ0n) is 10.2. The van der Waals surface area contributed by atoms with Crippen molar-refractivity contribution in [1.29, 1.82) is 0 Å². The second-order valence-corrected chi connectivity index (χ2v) is 5.49. The summed E-state index contributed by atoms with van der Waals surface area (Å²) in [7, 11) is -1.43. The van der Waals surface area contributed by atoms with Crippen molar-refractivity contribution >= 4 is 24.3 Å². The summed E-state index contributed by atoms with van der Waals surface area (Å²) >= 11 is 1.56. The third-order valence-electron chi connectivity index (χ3n) is 2.97. The molecule has 0 bridgehead atoms. The molecule has 6 nitrogen and oxygen atoms in total. The van der Waals surface area contributed by atoms with Crippen LogP contribution in [0.4, 0.5) is 0 Å². The van der Waals surface area contributed by atoms with Crippen molar-refractivity contribution in [2.24, 2.45) is 0 Å². The molecule has 19 heavy (non-hydrogen) atoms. The third-order valence-corrected chi connectivity index (χ3v) is 3.98. The van der Waals surface area contributed by atoms with Gasteiger partial charge in [0.05, 0.1) is 6.04 Å². The number of aromatic nitrogens is 4. The van der Waals surface area contributed by atoms with E-state index in [9.17, 15) is 0 Å². The van der Waals surface area contributed by atoms with E-state index in [0.717, 1.165) is 23.6 Å². The fourth-order valence-corrected chi connectivity index (χ4v) is 2.71. The Bertz CT molecular complexity index is 573. The van der Waals surface area contributed by atoms with Gasteiger partial charge in [0.25, 0.3) is 0 Å². The van der Waals surface area contributed by atoms with Gasteiger partial charge in [-0.25, -0.2) is 4.68 Å². The number of hydrogen-bond acceptors (Lipinski definition) is 6. The van der Waals surface area contributed by atoms with Crippen LogP contribution in [0.2, 0.25) is 0 Å². The molecule has 98 valence electrons. The van der Waals surface area contributed by atoms with E-state index >= 15 is 0 Å². The lowest BCUT2D eigenvalue weighted by Gasteiger charge is -2.04. The second kappa shape index (κ2) is 5.32. The van der Waals surface area contributed by atoms with Crippen LogP contribution in [0.15, 0.2) is 29.4 Å². The van der Waals surface area contributed by atoms with Gasteiger partial charge in [-0.2, -0.15) is 0 Å². The van der Waals surface area contributed by atoms with Crippen molar-refractivity contribution in [2.75, 3.05) is 0 Å². The summed E-state index contributed by atoms with van der Waals surface area (Å²) in [5, 5.41) is 30.8. The summed E-state index contributed by atoms with van der Waals surface area (Å²) in [5.74, 6) is 0.702. The Morgan fingerprint density at radius 2 is 2.21 bits per heavy atom. The zero-order chi connectivity index (χ0) is 13.2. The molecule has 3 rings (SSSR count). The van der Waals surface area contributed by atoms with Crippen molar-refractivity contribution in [3.63, 3.8) is 0 Å². The molecule has 2 aromatic rings. The van der Waals surface area contributed by atoms with Crippen molar-refractivity contribution in [3.8, 4) is 0 Å². The summed E-state index contributed by atoms with van der Waals surface area (Å²) in [6, 6.07) is 7.69. The Morgan fingerprint density at radius 1 is 1.37 bits per heavy atom. The standard InChI is InChI=1S/C11H13BN4O2S/c17-12(18)9-3-1-2-8(6-9)7-19-11-13-14-15-16(11)10-4-5-10/h1-3,6,10,17-18H,4-5,7H2. The normalized spacial score (nSPS) is 14.6. The molecule has 0 unspecified atom stereocenters. The van der Waals surface area contributed by atoms with Crippen LogP contribution >= 0.6 is 11.8 Å². The van der Waals surface area contributed by atoms with E-state index in [2.05, 4.69) is 15.5 Å². The molecule has 1 aromatic heterocycles. The van der Waals surface area contributed by atoms with Crippen LogP contribution in [0.1, 0.15) is 24.4 Å². The van der Waals surface area contributed by atoms with E-state index in [1.165, 1.54) is 0 Å². The molecule has 8 heteroatoms. The van der Waals surface area contributed by atoms with Crippen LogP contribution in [0.25, 0.3) is 0 Å². The smallest absolute Gasteiger partial charge is 0.423 e. The van der Waals surface area contributed by atoms with Crippen LogP contribution < -0.4 is 5.46 Å². The van der Waals surface area contributed by atoms with E-state index in [1.807, 2.05) is 16.8 Å². The average molecular weight is 276 g/mol. The number of rotatable bonds is 5. The molecule has 0 saturated heterocycles. The fraction of sp³-hybridized carbons (Fsp3) is 0.364. The molecule has 0 aliphatic heterocycles. The Morgan fingerprint density at radius 3 is 2.95 bits per heavy atom. The molecule has 1 fully saturated rings. The number of nitrogens with zero attached hydrogens (tertiary/aromatic N) is 4. The minimum Gasteiger partial charge on any atom is -0.423 e. The maximum atomic E-state index is 9.14. The predicted molar refractivity (Wildman–Crippen MR) is 71.9 cm³/mol. The summed E-state index contributed by atoms with van der Waals surface area (Å²) in [6.07, 6.45) is 2.29. The lowest BCUT2D eigenvalue weighted by atomic mass is 9.80. The monoisotopic (exact) mass is 276 g/mol. The molecular formula is C11H13BN4O2S. The number of hydrogen-bond donors (Lipinski definition) is 2. The molecule has 0 amide bonds. The van der Waals surface area contributed by atoms with Gasteiger partial charge in [-0.1, -0.05) is 36.0 Å². The van der Waals surface area contributed by atoms with Crippen molar-refractivity contribution in [2.45, 2.75) is 29.8 Å². The Hall–Kier alpha value is -1.38. The first-order valence-corrected chi connectivity index (χ1v) is 7.08. The van der Waals surface area contributed by atoms with Crippen LogP contribution in [-0.4, -0.2) is 37.4 Å². The first-order valence-electron chi connectivity index (χ1n) is 6.09. The number of tetrazole rings is 1. The first-order chi connectivity index (χ1) is 9.24. The van der Waals surface area contributed by atoms with Crippen molar-refractivity contribution < 1.29 is 10.0 Å². The van der Waals surface area contributed by atoms with Crippen LogP contribution in [0.3, 0.4) is 0 Å². The maximum absolute atomic E-state index is 9.14. The lowest BCUT2D eigenvalue weighted by Crippen LogP contribution is -2.29. The number of thioether (sulfide) groups is 1. The van der Waals surface area contributed by atoms with E-state index in [4.69, 9.17) is 10.0 Å².